The van der Waals surface area contributed by atoms with E-state index in [9.17, 15) is 26.7 Å². The highest BCUT2D eigenvalue weighted by Crippen LogP contribution is 2.32. The van der Waals surface area contributed by atoms with Crippen molar-refractivity contribution >= 4 is 11.1 Å². The lowest BCUT2D eigenvalue weighted by Gasteiger charge is -2.09. The second-order valence-corrected chi connectivity index (χ2v) is 4.44. The van der Waals surface area contributed by atoms with Crippen LogP contribution in [0.5, 0.6) is 0 Å². The second kappa shape index (κ2) is 5.45. The highest BCUT2D eigenvalue weighted by Gasteiger charge is 2.25. The molecule has 0 amide bonds. The molecule has 1 aromatic carbocycles. The van der Waals surface area contributed by atoms with Crippen LogP contribution in [0.3, 0.4) is 0 Å². The van der Waals surface area contributed by atoms with Crippen LogP contribution in [-0.2, 0) is 0 Å². The number of H-pyrrole nitrogens is 1. The van der Waals surface area contributed by atoms with Crippen molar-refractivity contribution in [1.29, 1.82) is 0 Å². The predicted octanol–water partition coefficient (Wildman–Crippen LogP) is 3.59. The van der Waals surface area contributed by atoms with E-state index in [1.807, 2.05) is 0 Å². The summed E-state index contributed by atoms with van der Waals surface area (Å²) in [6.45, 7) is 0. The minimum absolute atomic E-state index is 0.0324. The van der Waals surface area contributed by atoms with Gasteiger partial charge in [-0.15, -0.1) is 0 Å². The van der Waals surface area contributed by atoms with Crippen molar-refractivity contribution < 1.29 is 26.4 Å². The van der Waals surface area contributed by atoms with Gasteiger partial charge in [0.25, 0.3) is 12.9 Å². The molecular formula is C13H6F5N3O2. The first-order valence-corrected chi connectivity index (χ1v) is 6.13. The van der Waals surface area contributed by atoms with Gasteiger partial charge in [0.1, 0.15) is 16.9 Å². The quantitative estimate of drug-likeness (QED) is 0.745. The first-order valence-electron chi connectivity index (χ1n) is 6.13. The van der Waals surface area contributed by atoms with Gasteiger partial charge in [0.05, 0.1) is 11.9 Å². The minimum Gasteiger partial charge on any atom is -0.407 e. The Hall–Kier alpha value is -2.78. The zero-order chi connectivity index (χ0) is 16.7. The molecule has 0 bridgehead atoms. The topological polar surface area (TPSA) is 71.8 Å². The first-order chi connectivity index (χ1) is 10.9. The number of rotatable bonds is 3. The maximum absolute atomic E-state index is 13.6. The van der Waals surface area contributed by atoms with Crippen LogP contribution in [0.4, 0.5) is 22.0 Å². The summed E-state index contributed by atoms with van der Waals surface area (Å²) in [6.07, 6.45) is -5.67. The molecule has 2 heterocycles. The lowest BCUT2D eigenvalue weighted by Crippen LogP contribution is -2.04. The Morgan fingerprint density at radius 2 is 1.78 bits per heavy atom. The molecule has 120 valence electrons. The van der Waals surface area contributed by atoms with E-state index in [0.29, 0.717) is 0 Å². The summed E-state index contributed by atoms with van der Waals surface area (Å²) in [5.74, 6) is -1.77. The van der Waals surface area contributed by atoms with Crippen LogP contribution in [0.15, 0.2) is 27.5 Å². The van der Waals surface area contributed by atoms with Crippen LogP contribution in [0.2, 0.25) is 0 Å². The molecular weight excluding hydrogens is 325 g/mol. The van der Waals surface area contributed by atoms with Gasteiger partial charge >= 0.3 is 5.76 Å². The monoisotopic (exact) mass is 331 g/mol. The van der Waals surface area contributed by atoms with Gasteiger partial charge < -0.3 is 4.42 Å². The Balaban J connectivity index is 2.25. The minimum atomic E-state index is -3.28. The average Bonchev–Trinajstić information content (AvgIpc) is 2.89. The average molecular weight is 331 g/mol. The number of hydrogen-bond donors (Lipinski definition) is 1. The number of benzene rings is 1. The van der Waals surface area contributed by atoms with Gasteiger partial charge in [-0.05, 0) is 12.1 Å². The first kappa shape index (κ1) is 15.1. The molecule has 0 spiro atoms. The Morgan fingerprint density at radius 1 is 1.09 bits per heavy atom. The smallest absolute Gasteiger partial charge is 0.407 e. The normalized spacial score (nSPS) is 11.8. The number of halogens is 5. The Bertz CT molecular complexity index is 935. The van der Waals surface area contributed by atoms with Crippen LogP contribution in [0, 0.1) is 5.82 Å². The maximum Gasteiger partial charge on any atom is 0.417 e. The van der Waals surface area contributed by atoms with E-state index in [1.165, 1.54) is 0 Å². The van der Waals surface area contributed by atoms with Crippen molar-refractivity contribution in [3.8, 4) is 11.3 Å². The molecule has 0 fully saturated rings. The number of nitrogens with one attached hydrogen (secondary N) is 1. The molecule has 0 aliphatic carbocycles. The van der Waals surface area contributed by atoms with Gasteiger partial charge in [0.2, 0.25) is 0 Å². The molecule has 0 aliphatic heterocycles. The number of aromatic nitrogens is 3. The standard InChI is InChI=1S/C13H6F5N3O2/c14-5-2-1-4(10-7(5)21-13(22)23-10)6-3-19-8(11(15)16)9(20-6)12(17)18/h1-3,11-12H,(H,21,22). The van der Waals surface area contributed by atoms with E-state index < -0.39 is 35.8 Å². The molecule has 3 aromatic rings. The summed E-state index contributed by atoms with van der Waals surface area (Å²) in [6, 6.07) is 2.07. The molecule has 0 saturated heterocycles. The lowest BCUT2D eigenvalue weighted by atomic mass is 10.1. The summed E-state index contributed by atoms with van der Waals surface area (Å²) >= 11 is 0. The third-order valence-corrected chi connectivity index (χ3v) is 3.05. The molecule has 10 heteroatoms. The van der Waals surface area contributed by atoms with Crippen LogP contribution in [-0.4, -0.2) is 15.0 Å². The molecule has 0 radical (unpaired) electrons. The van der Waals surface area contributed by atoms with E-state index in [-0.39, 0.29) is 22.4 Å². The van der Waals surface area contributed by atoms with Gasteiger partial charge in [-0.2, -0.15) is 0 Å². The number of oxazole rings is 1. The maximum atomic E-state index is 13.6. The number of nitrogens with zero attached hydrogens (tertiary/aromatic N) is 2. The Kier molecular flexibility index (Phi) is 3.58. The molecule has 0 saturated carbocycles. The van der Waals surface area contributed by atoms with Gasteiger partial charge in [0.15, 0.2) is 11.4 Å². The Labute approximate surface area is 123 Å². The molecule has 2 aromatic heterocycles. The van der Waals surface area contributed by atoms with Gasteiger partial charge in [-0.1, -0.05) is 0 Å². The van der Waals surface area contributed by atoms with E-state index >= 15 is 0 Å². The molecule has 0 atom stereocenters. The Morgan fingerprint density at radius 3 is 2.43 bits per heavy atom. The summed E-state index contributed by atoms with van der Waals surface area (Å²) in [4.78, 5) is 20.0. The van der Waals surface area contributed by atoms with E-state index in [4.69, 9.17) is 4.42 Å². The summed E-state index contributed by atoms with van der Waals surface area (Å²) in [5.41, 5.74) is -3.17. The molecule has 5 nitrogen and oxygen atoms in total. The van der Waals surface area contributed by atoms with Crippen molar-refractivity contribution in [3.63, 3.8) is 0 Å². The lowest BCUT2D eigenvalue weighted by molar-refractivity contribution is 0.116. The summed E-state index contributed by atoms with van der Waals surface area (Å²) in [5, 5.41) is 0. The summed E-state index contributed by atoms with van der Waals surface area (Å²) < 4.78 is 69.5. The van der Waals surface area contributed by atoms with Crippen LogP contribution in [0.25, 0.3) is 22.4 Å². The van der Waals surface area contributed by atoms with Crippen molar-refractivity contribution in [1.82, 2.24) is 15.0 Å². The number of aromatic amines is 1. The van der Waals surface area contributed by atoms with E-state index in [2.05, 4.69) is 15.0 Å². The van der Waals surface area contributed by atoms with Gasteiger partial charge in [0, 0.05) is 5.56 Å². The fourth-order valence-electron chi connectivity index (χ4n) is 2.07. The molecule has 1 N–H and O–H groups in total. The fourth-order valence-corrected chi connectivity index (χ4v) is 2.07. The SMILES string of the molecule is O=c1[nH]c2c(F)ccc(-c3cnc(C(F)F)c(C(F)F)n3)c2o1. The second-order valence-electron chi connectivity index (χ2n) is 4.44. The summed E-state index contributed by atoms with van der Waals surface area (Å²) in [7, 11) is 0. The van der Waals surface area contributed by atoms with Crippen molar-refractivity contribution in [2.24, 2.45) is 0 Å². The van der Waals surface area contributed by atoms with Gasteiger partial charge in [-0.3, -0.25) is 9.97 Å². The number of hydrogen-bond acceptors (Lipinski definition) is 4. The van der Waals surface area contributed by atoms with Crippen LogP contribution in [0.1, 0.15) is 24.2 Å². The highest BCUT2D eigenvalue weighted by molar-refractivity contribution is 5.89. The molecule has 23 heavy (non-hydrogen) atoms. The third-order valence-electron chi connectivity index (χ3n) is 3.05. The molecule has 0 aliphatic rings. The number of alkyl halides is 4. The zero-order valence-corrected chi connectivity index (χ0v) is 11.0. The largest absolute Gasteiger partial charge is 0.417 e. The zero-order valence-electron chi connectivity index (χ0n) is 11.0. The van der Waals surface area contributed by atoms with Crippen molar-refractivity contribution in [2.75, 3.05) is 0 Å². The van der Waals surface area contributed by atoms with Crippen molar-refractivity contribution in [3.05, 3.63) is 46.1 Å². The predicted molar refractivity (Wildman–Crippen MR) is 67.7 cm³/mol. The van der Waals surface area contributed by atoms with E-state index in [0.717, 1.165) is 18.3 Å². The number of fused-ring (bicyclic) bond motifs is 1. The van der Waals surface area contributed by atoms with Crippen molar-refractivity contribution in [2.45, 2.75) is 12.9 Å². The third kappa shape index (κ3) is 2.56. The fraction of sp³-hybridized carbons (Fsp3) is 0.154. The molecule has 3 rings (SSSR count). The van der Waals surface area contributed by atoms with E-state index in [1.54, 1.807) is 0 Å². The van der Waals surface area contributed by atoms with Gasteiger partial charge in [-0.25, -0.2) is 31.7 Å². The molecule has 0 unspecified atom stereocenters. The van der Waals surface area contributed by atoms with Crippen LogP contribution >= 0.6 is 0 Å². The van der Waals surface area contributed by atoms with Crippen LogP contribution < -0.4 is 5.76 Å². The highest BCUT2D eigenvalue weighted by atomic mass is 19.3.